The first kappa shape index (κ1) is 14.6. The molecule has 0 radical (unpaired) electrons. The van der Waals surface area contributed by atoms with Gasteiger partial charge in [-0.15, -0.1) is 0 Å². The summed E-state index contributed by atoms with van der Waals surface area (Å²) in [6.07, 6.45) is 12.1. The molecule has 1 atom stereocenters. The minimum Gasteiger partial charge on any atom is -0.313 e. The topological polar surface area (TPSA) is 12.0 Å². The zero-order chi connectivity index (χ0) is 13.5. The maximum atomic E-state index is 3.50. The molecule has 0 aliphatic heterocycles. The molecule has 0 saturated carbocycles. The van der Waals surface area contributed by atoms with Gasteiger partial charge in [-0.3, -0.25) is 0 Å². The fraction of sp³-hybridized carbons (Fsp3) is 0.667. The van der Waals surface area contributed by atoms with Gasteiger partial charge in [0.05, 0.1) is 0 Å². The Hall–Kier alpha value is -0.820. The fourth-order valence-electron chi connectivity index (χ4n) is 3.24. The summed E-state index contributed by atoms with van der Waals surface area (Å²) in [6, 6.07) is 7.71. The molecule has 0 aromatic heterocycles. The number of rotatable bonds is 8. The Morgan fingerprint density at radius 3 is 2.63 bits per heavy atom. The first-order chi connectivity index (χ1) is 9.35. The first-order valence-electron chi connectivity index (χ1n) is 8.14. The molecule has 1 aliphatic rings. The molecule has 1 aromatic carbocycles. The molecule has 1 N–H and O–H groups in total. The van der Waals surface area contributed by atoms with E-state index in [2.05, 4.69) is 37.5 Å². The van der Waals surface area contributed by atoms with Crippen LogP contribution in [0.15, 0.2) is 18.2 Å². The van der Waals surface area contributed by atoms with Crippen LogP contribution in [0.2, 0.25) is 0 Å². The number of benzene rings is 1. The van der Waals surface area contributed by atoms with Crippen molar-refractivity contribution < 1.29 is 0 Å². The maximum absolute atomic E-state index is 3.50. The monoisotopic (exact) mass is 259 g/mol. The quantitative estimate of drug-likeness (QED) is 0.661. The summed E-state index contributed by atoms with van der Waals surface area (Å²) in [5.74, 6) is 0. The van der Waals surface area contributed by atoms with Gasteiger partial charge < -0.3 is 5.32 Å². The first-order valence-corrected chi connectivity index (χ1v) is 8.14. The fourth-order valence-corrected chi connectivity index (χ4v) is 3.24. The van der Waals surface area contributed by atoms with Gasteiger partial charge in [0.2, 0.25) is 0 Å². The number of hydrogen-bond acceptors (Lipinski definition) is 1. The number of hydrogen-bond donors (Lipinski definition) is 1. The summed E-state index contributed by atoms with van der Waals surface area (Å²) < 4.78 is 0. The Labute approximate surface area is 118 Å². The third-order valence-electron chi connectivity index (χ3n) is 4.47. The van der Waals surface area contributed by atoms with Gasteiger partial charge in [-0.1, -0.05) is 57.2 Å². The van der Waals surface area contributed by atoms with Crippen molar-refractivity contribution in [3.63, 3.8) is 0 Å². The molecule has 1 nitrogen and oxygen atoms in total. The molecule has 1 aliphatic carbocycles. The lowest BCUT2D eigenvalue weighted by Crippen LogP contribution is -2.16. The number of fused-ring (bicyclic) bond motifs is 1. The largest absolute Gasteiger partial charge is 0.313 e. The number of unbranched alkanes of at least 4 members (excludes halogenated alkanes) is 4. The molecule has 1 heteroatoms. The smallest absolute Gasteiger partial charge is 0.0317 e. The maximum Gasteiger partial charge on any atom is 0.0317 e. The van der Waals surface area contributed by atoms with Gasteiger partial charge in [0.25, 0.3) is 0 Å². The van der Waals surface area contributed by atoms with Gasteiger partial charge in [0.1, 0.15) is 0 Å². The lowest BCUT2D eigenvalue weighted by Gasteiger charge is -2.17. The minimum atomic E-state index is 0.549. The molecule has 2 rings (SSSR count). The van der Waals surface area contributed by atoms with E-state index in [1.165, 1.54) is 63.4 Å². The van der Waals surface area contributed by atoms with Crippen molar-refractivity contribution in [2.75, 3.05) is 7.05 Å². The van der Waals surface area contributed by atoms with Gasteiger partial charge in [0, 0.05) is 6.04 Å². The molecule has 106 valence electrons. The van der Waals surface area contributed by atoms with Gasteiger partial charge in [-0.05, 0) is 49.4 Å². The van der Waals surface area contributed by atoms with E-state index in [-0.39, 0.29) is 0 Å². The summed E-state index contributed by atoms with van der Waals surface area (Å²) >= 11 is 0. The van der Waals surface area contributed by atoms with Crippen LogP contribution in [-0.2, 0) is 12.8 Å². The van der Waals surface area contributed by atoms with Gasteiger partial charge in [-0.2, -0.15) is 0 Å². The average molecular weight is 259 g/mol. The van der Waals surface area contributed by atoms with Crippen LogP contribution in [0.25, 0.3) is 0 Å². The van der Waals surface area contributed by atoms with Gasteiger partial charge in [0.15, 0.2) is 0 Å². The lowest BCUT2D eigenvalue weighted by atomic mass is 9.97. The molecule has 1 unspecified atom stereocenters. The minimum absolute atomic E-state index is 0.549. The predicted molar refractivity (Wildman–Crippen MR) is 83.6 cm³/mol. The van der Waals surface area contributed by atoms with Crippen molar-refractivity contribution in [1.29, 1.82) is 0 Å². The van der Waals surface area contributed by atoms with Crippen molar-refractivity contribution >= 4 is 0 Å². The Balaban J connectivity index is 1.86. The molecule has 0 spiro atoms. The van der Waals surface area contributed by atoms with E-state index >= 15 is 0 Å². The summed E-state index contributed by atoms with van der Waals surface area (Å²) in [5, 5.41) is 3.50. The van der Waals surface area contributed by atoms with Crippen molar-refractivity contribution in [2.24, 2.45) is 0 Å². The highest BCUT2D eigenvalue weighted by Gasteiger charge is 2.14. The normalized spacial score (nSPS) is 15.5. The van der Waals surface area contributed by atoms with E-state index in [0.717, 1.165) is 0 Å². The van der Waals surface area contributed by atoms with Crippen LogP contribution in [0.4, 0.5) is 0 Å². The second kappa shape index (κ2) is 7.69. The Morgan fingerprint density at radius 1 is 1.05 bits per heavy atom. The van der Waals surface area contributed by atoms with Crippen LogP contribution >= 0.6 is 0 Å². The predicted octanol–water partition coefficient (Wildman–Crippen LogP) is 4.80. The van der Waals surface area contributed by atoms with E-state index in [1.807, 2.05) is 0 Å². The van der Waals surface area contributed by atoms with E-state index < -0.39 is 0 Å². The molecule has 0 saturated heterocycles. The molecule has 0 heterocycles. The Kier molecular flexibility index (Phi) is 5.91. The Bertz CT molecular complexity index is 383. The summed E-state index contributed by atoms with van der Waals surface area (Å²) in [7, 11) is 2.10. The zero-order valence-corrected chi connectivity index (χ0v) is 12.7. The molecular formula is C18H29N. The standard InChI is InChI=1S/C18H29N/c1-3-4-5-6-7-11-18(19-2)17-13-12-15-9-8-10-16(15)14-17/h12-14,18-19H,3-11H2,1-2H3. The molecule has 0 fully saturated rings. The third kappa shape index (κ3) is 4.07. The second-order valence-corrected chi connectivity index (χ2v) is 5.93. The summed E-state index contributed by atoms with van der Waals surface area (Å²) in [6.45, 7) is 2.28. The molecule has 19 heavy (non-hydrogen) atoms. The van der Waals surface area contributed by atoms with Crippen molar-refractivity contribution in [3.8, 4) is 0 Å². The van der Waals surface area contributed by atoms with Crippen LogP contribution in [0.5, 0.6) is 0 Å². The number of nitrogens with one attached hydrogen (secondary N) is 1. The van der Waals surface area contributed by atoms with Crippen LogP contribution < -0.4 is 5.32 Å². The summed E-state index contributed by atoms with van der Waals surface area (Å²) in [4.78, 5) is 0. The van der Waals surface area contributed by atoms with Crippen molar-refractivity contribution in [2.45, 2.75) is 70.8 Å². The highest BCUT2D eigenvalue weighted by Crippen LogP contribution is 2.27. The number of aryl methyl sites for hydroxylation is 2. The van der Waals surface area contributed by atoms with E-state index in [9.17, 15) is 0 Å². The second-order valence-electron chi connectivity index (χ2n) is 5.93. The van der Waals surface area contributed by atoms with Gasteiger partial charge >= 0.3 is 0 Å². The molecule has 1 aromatic rings. The lowest BCUT2D eigenvalue weighted by molar-refractivity contribution is 0.500. The third-order valence-corrected chi connectivity index (χ3v) is 4.47. The molecular weight excluding hydrogens is 230 g/mol. The molecule has 0 bridgehead atoms. The molecule has 0 amide bonds. The van der Waals surface area contributed by atoms with E-state index in [0.29, 0.717) is 6.04 Å². The summed E-state index contributed by atoms with van der Waals surface area (Å²) in [5.41, 5.74) is 4.68. The van der Waals surface area contributed by atoms with Crippen LogP contribution in [0.1, 0.15) is 74.6 Å². The van der Waals surface area contributed by atoms with Gasteiger partial charge in [-0.25, -0.2) is 0 Å². The van der Waals surface area contributed by atoms with Crippen LogP contribution in [0, 0.1) is 0 Å². The average Bonchev–Trinajstić information content (AvgIpc) is 2.90. The van der Waals surface area contributed by atoms with Crippen LogP contribution in [-0.4, -0.2) is 7.05 Å². The SMILES string of the molecule is CCCCCCCC(NC)c1ccc2c(c1)CCC2. The van der Waals surface area contributed by atoms with Crippen molar-refractivity contribution in [1.82, 2.24) is 5.32 Å². The highest BCUT2D eigenvalue weighted by molar-refractivity contribution is 5.36. The van der Waals surface area contributed by atoms with Crippen molar-refractivity contribution in [3.05, 3.63) is 34.9 Å². The van der Waals surface area contributed by atoms with E-state index in [1.54, 1.807) is 11.1 Å². The zero-order valence-electron chi connectivity index (χ0n) is 12.7. The highest BCUT2D eigenvalue weighted by atomic mass is 14.9. The Morgan fingerprint density at radius 2 is 1.84 bits per heavy atom. The van der Waals surface area contributed by atoms with E-state index in [4.69, 9.17) is 0 Å². The van der Waals surface area contributed by atoms with Crippen LogP contribution in [0.3, 0.4) is 0 Å².